The van der Waals surface area contributed by atoms with Crippen LogP contribution in [0.5, 0.6) is 0 Å². The maximum absolute atomic E-state index is 11.4. The highest BCUT2D eigenvalue weighted by Gasteiger charge is 2.06. The fraction of sp³-hybridized carbons (Fsp3) is 0.583. The molecule has 5 nitrogen and oxygen atoms in total. The molecule has 0 aromatic carbocycles. The van der Waals surface area contributed by atoms with Crippen molar-refractivity contribution < 1.29 is 9.53 Å². The average Bonchev–Trinajstić information content (AvgIpc) is 2.31. The number of hydrogen-bond acceptors (Lipinski definition) is 5. The first-order valence-corrected chi connectivity index (χ1v) is 6.96. The lowest BCUT2D eigenvalue weighted by atomic mass is 10.3. The van der Waals surface area contributed by atoms with Gasteiger partial charge in [-0.25, -0.2) is 4.98 Å². The van der Waals surface area contributed by atoms with Crippen molar-refractivity contribution in [2.45, 2.75) is 38.3 Å². The number of esters is 1. The largest absolute Gasteiger partial charge is 0.465 e. The Bertz CT molecular complexity index is 445. The lowest BCUT2D eigenvalue weighted by Crippen LogP contribution is -2.11. The third-order valence-electron chi connectivity index (χ3n) is 2.19. The highest BCUT2D eigenvalue weighted by molar-refractivity contribution is 7.99. The van der Waals surface area contributed by atoms with Crippen LogP contribution in [0.2, 0.25) is 0 Å². The monoisotopic (exact) mass is 270 g/mol. The van der Waals surface area contributed by atoms with Crippen LogP contribution in [0.3, 0.4) is 0 Å². The molecular weight excluding hydrogens is 252 g/mol. The molecule has 0 amide bonds. The van der Waals surface area contributed by atoms with Crippen LogP contribution in [-0.4, -0.2) is 28.3 Å². The SMILES string of the molecule is CCCCCOC(=O)CSc1nc(C)cc(=O)[nH]1. The molecular formula is C12H18N2O3S. The van der Waals surface area contributed by atoms with Gasteiger partial charge in [0.25, 0.3) is 5.56 Å². The van der Waals surface area contributed by atoms with Crippen molar-refractivity contribution in [3.63, 3.8) is 0 Å². The van der Waals surface area contributed by atoms with Gasteiger partial charge < -0.3 is 9.72 Å². The topological polar surface area (TPSA) is 72.0 Å². The number of nitrogens with zero attached hydrogens (tertiary/aromatic N) is 1. The molecule has 100 valence electrons. The molecule has 0 fully saturated rings. The molecule has 0 saturated carbocycles. The van der Waals surface area contributed by atoms with E-state index in [-0.39, 0.29) is 17.3 Å². The van der Waals surface area contributed by atoms with Crippen LogP contribution < -0.4 is 5.56 Å². The summed E-state index contributed by atoms with van der Waals surface area (Å²) in [4.78, 5) is 29.2. The fourth-order valence-electron chi connectivity index (χ4n) is 1.33. The van der Waals surface area contributed by atoms with Gasteiger partial charge in [0.15, 0.2) is 5.16 Å². The number of carbonyl (C=O) groups is 1. The summed E-state index contributed by atoms with van der Waals surface area (Å²) < 4.78 is 5.05. The van der Waals surface area contributed by atoms with Crippen molar-refractivity contribution >= 4 is 17.7 Å². The molecule has 0 radical (unpaired) electrons. The van der Waals surface area contributed by atoms with Crippen molar-refractivity contribution in [2.24, 2.45) is 0 Å². The van der Waals surface area contributed by atoms with Gasteiger partial charge in [0, 0.05) is 11.8 Å². The summed E-state index contributed by atoms with van der Waals surface area (Å²) in [5.74, 6) is -0.112. The maximum Gasteiger partial charge on any atom is 0.316 e. The van der Waals surface area contributed by atoms with Crippen molar-refractivity contribution in [3.8, 4) is 0 Å². The number of aromatic amines is 1. The summed E-state index contributed by atoms with van der Waals surface area (Å²) in [6.45, 7) is 4.30. The van der Waals surface area contributed by atoms with Gasteiger partial charge >= 0.3 is 5.97 Å². The standard InChI is InChI=1S/C12H18N2O3S/c1-3-4-5-6-17-11(16)8-18-12-13-9(2)7-10(15)14-12/h7H,3-6,8H2,1-2H3,(H,13,14,15). The Morgan fingerprint density at radius 2 is 2.28 bits per heavy atom. The molecule has 6 heteroatoms. The van der Waals surface area contributed by atoms with Gasteiger partial charge in [-0.15, -0.1) is 0 Å². The van der Waals surface area contributed by atoms with E-state index in [0.29, 0.717) is 17.5 Å². The molecule has 0 bridgehead atoms. The number of ether oxygens (including phenoxy) is 1. The van der Waals surface area contributed by atoms with E-state index in [4.69, 9.17) is 4.74 Å². The quantitative estimate of drug-likeness (QED) is 0.354. The van der Waals surface area contributed by atoms with E-state index in [0.717, 1.165) is 19.3 Å². The molecule has 1 N–H and O–H groups in total. The second-order valence-corrected chi connectivity index (χ2v) is 4.87. The van der Waals surface area contributed by atoms with Crippen LogP contribution in [0.4, 0.5) is 0 Å². The van der Waals surface area contributed by atoms with Gasteiger partial charge in [0.1, 0.15) is 0 Å². The first-order chi connectivity index (χ1) is 8.61. The number of carbonyl (C=O) groups excluding carboxylic acids is 1. The molecule has 0 aliphatic rings. The zero-order chi connectivity index (χ0) is 13.4. The Morgan fingerprint density at radius 1 is 1.50 bits per heavy atom. The number of aromatic nitrogens is 2. The van der Waals surface area contributed by atoms with Gasteiger partial charge in [-0.05, 0) is 13.3 Å². The zero-order valence-electron chi connectivity index (χ0n) is 10.7. The maximum atomic E-state index is 11.4. The van der Waals surface area contributed by atoms with E-state index in [9.17, 15) is 9.59 Å². The number of hydrogen-bond donors (Lipinski definition) is 1. The van der Waals surface area contributed by atoms with Crippen LogP contribution in [0.15, 0.2) is 16.0 Å². The Morgan fingerprint density at radius 3 is 2.94 bits per heavy atom. The molecule has 1 aromatic rings. The number of thioether (sulfide) groups is 1. The van der Waals surface area contributed by atoms with E-state index in [1.54, 1.807) is 6.92 Å². The van der Waals surface area contributed by atoms with Crippen LogP contribution in [-0.2, 0) is 9.53 Å². The van der Waals surface area contributed by atoms with E-state index in [2.05, 4.69) is 16.9 Å². The molecule has 18 heavy (non-hydrogen) atoms. The Hall–Kier alpha value is -1.30. The van der Waals surface area contributed by atoms with E-state index < -0.39 is 0 Å². The summed E-state index contributed by atoms with van der Waals surface area (Å²) in [5, 5.41) is 0.450. The minimum absolute atomic E-state index is 0.165. The summed E-state index contributed by atoms with van der Waals surface area (Å²) >= 11 is 1.18. The lowest BCUT2D eigenvalue weighted by Gasteiger charge is -2.04. The highest BCUT2D eigenvalue weighted by atomic mass is 32.2. The highest BCUT2D eigenvalue weighted by Crippen LogP contribution is 2.11. The first kappa shape index (κ1) is 14.8. The molecule has 0 spiro atoms. The second kappa shape index (κ2) is 7.92. The van der Waals surface area contributed by atoms with Crippen molar-refractivity contribution in [1.82, 2.24) is 9.97 Å². The Balaban J connectivity index is 2.31. The molecule has 0 saturated heterocycles. The minimum atomic E-state index is -0.278. The van der Waals surface area contributed by atoms with Gasteiger partial charge in [0.05, 0.1) is 12.4 Å². The smallest absolute Gasteiger partial charge is 0.316 e. The minimum Gasteiger partial charge on any atom is -0.465 e. The van der Waals surface area contributed by atoms with E-state index in [1.165, 1.54) is 17.8 Å². The van der Waals surface area contributed by atoms with Crippen molar-refractivity contribution in [3.05, 3.63) is 22.1 Å². The molecule has 1 heterocycles. The number of unbranched alkanes of at least 4 members (excludes halogenated alkanes) is 2. The Kier molecular flexibility index (Phi) is 6.49. The number of H-pyrrole nitrogens is 1. The van der Waals surface area contributed by atoms with Crippen LogP contribution in [0.25, 0.3) is 0 Å². The predicted octanol–water partition coefficient (Wildman–Crippen LogP) is 1.90. The number of rotatable bonds is 7. The first-order valence-electron chi connectivity index (χ1n) is 5.98. The fourth-order valence-corrected chi connectivity index (χ4v) is 2.05. The molecule has 0 atom stereocenters. The van der Waals surface area contributed by atoms with Crippen LogP contribution in [0, 0.1) is 6.92 Å². The summed E-state index contributed by atoms with van der Waals surface area (Å²) in [5.41, 5.74) is 0.430. The molecule has 1 rings (SSSR count). The zero-order valence-corrected chi connectivity index (χ0v) is 11.5. The van der Waals surface area contributed by atoms with Crippen molar-refractivity contribution in [2.75, 3.05) is 12.4 Å². The molecule has 0 aliphatic carbocycles. The number of aryl methyl sites for hydroxylation is 1. The predicted molar refractivity (Wildman–Crippen MR) is 70.8 cm³/mol. The normalized spacial score (nSPS) is 10.3. The number of nitrogens with one attached hydrogen (secondary N) is 1. The van der Waals surface area contributed by atoms with Gasteiger partial charge in [-0.1, -0.05) is 31.5 Å². The molecule has 0 unspecified atom stereocenters. The third-order valence-corrected chi connectivity index (χ3v) is 3.03. The molecule has 0 aliphatic heterocycles. The van der Waals surface area contributed by atoms with Crippen LogP contribution in [0.1, 0.15) is 31.9 Å². The Labute approximate surface area is 110 Å². The van der Waals surface area contributed by atoms with Crippen LogP contribution >= 0.6 is 11.8 Å². The summed E-state index contributed by atoms with van der Waals surface area (Å²) in [7, 11) is 0. The van der Waals surface area contributed by atoms with E-state index in [1.807, 2.05) is 0 Å². The van der Waals surface area contributed by atoms with Gasteiger partial charge in [-0.2, -0.15) is 0 Å². The molecule has 1 aromatic heterocycles. The second-order valence-electron chi connectivity index (χ2n) is 3.91. The third kappa shape index (κ3) is 5.86. The van der Waals surface area contributed by atoms with Gasteiger partial charge in [0.2, 0.25) is 0 Å². The van der Waals surface area contributed by atoms with Gasteiger partial charge in [-0.3, -0.25) is 9.59 Å². The lowest BCUT2D eigenvalue weighted by molar-refractivity contribution is -0.140. The van der Waals surface area contributed by atoms with E-state index >= 15 is 0 Å². The summed E-state index contributed by atoms with van der Waals surface area (Å²) in [6, 6.07) is 1.41. The van der Waals surface area contributed by atoms with Crippen molar-refractivity contribution in [1.29, 1.82) is 0 Å². The summed E-state index contributed by atoms with van der Waals surface area (Å²) in [6.07, 6.45) is 3.06. The average molecular weight is 270 g/mol.